The minimum absolute atomic E-state index is 0.413. The monoisotopic (exact) mass is 301 g/mol. The molecule has 0 saturated heterocycles. The largest absolute Gasteiger partial charge is 0.377 e. The molecule has 5 heteroatoms. The molecule has 2 aromatic carbocycles. The average molecular weight is 301 g/mol. The second-order valence-corrected chi connectivity index (χ2v) is 5.09. The van der Waals surface area contributed by atoms with Crippen LogP contribution in [0.25, 0.3) is 0 Å². The number of aryl methyl sites for hydroxylation is 1. The molecule has 0 amide bonds. The molecule has 22 heavy (non-hydrogen) atoms. The first-order valence-electron chi connectivity index (χ1n) is 7.39. The van der Waals surface area contributed by atoms with E-state index in [0.717, 1.165) is 17.5 Å². The third kappa shape index (κ3) is 4.91. The van der Waals surface area contributed by atoms with Crippen molar-refractivity contribution in [3.8, 4) is 0 Å². The van der Waals surface area contributed by atoms with Gasteiger partial charge < -0.3 is 10.8 Å². The first-order valence-corrected chi connectivity index (χ1v) is 7.39. The normalized spacial score (nSPS) is 13.8. The van der Waals surface area contributed by atoms with Gasteiger partial charge in [-0.1, -0.05) is 61.5 Å². The third-order valence-corrected chi connectivity index (χ3v) is 3.43. The molecule has 0 saturated carbocycles. The summed E-state index contributed by atoms with van der Waals surface area (Å²) in [5, 5.41) is 9.77. The van der Waals surface area contributed by atoms with E-state index >= 15 is 0 Å². The molecule has 0 spiro atoms. The van der Waals surface area contributed by atoms with Crippen LogP contribution in [0, 0.1) is 0 Å². The zero-order valence-corrected chi connectivity index (χ0v) is 12.7. The Kier molecular flexibility index (Phi) is 6.51. The Morgan fingerprint density at radius 1 is 1.09 bits per heavy atom. The Balaban J connectivity index is 1.89. The van der Waals surface area contributed by atoms with Gasteiger partial charge in [-0.05, 0) is 23.1 Å². The van der Waals surface area contributed by atoms with Crippen molar-refractivity contribution in [2.75, 3.05) is 0 Å². The molecule has 0 aliphatic heterocycles. The summed E-state index contributed by atoms with van der Waals surface area (Å²) in [6.45, 7) is 2.50. The highest BCUT2D eigenvalue weighted by Crippen LogP contribution is 2.16. The Morgan fingerprint density at radius 2 is 1.82 bits per heavy atom. The van der Waals surface area contributed by atoms with Gasteiger partial charge in [0.25, 0.3) is 0 Å². The molecule has 0 aliphatic carbocycles. The fourth-order valence-electron chi connectivity index (χ4n) is 2.17. The Hall–Kier alpha value is -1.76. The van der Waals surface area contributed by atoms with Crippen LogP contribution in [0.4, 0.5) is 0 Å². The summed E-state index contributed by atoms with van der Waals surface area (Å²) in [6, 6.07) is 17.3. The van der Waals surface area contributed by atoms with Gasteiger partial charge in [0.2, 0.25) is 0 Å². The van der Waals surface area contributed by atoms with Gasteiger partial charge in [0.1, 0.15) is 6.23 Å². The van der Waals surface area contributed by atoms with E-state index in [0.29, 0.717) is 6.61 Å². The topological polar surface area (TPSA) is 79.5 Å². The van der Waals surface area contributed by atoms with Crippen molar-refractivity contribution in [2.24, 2.45) is 5.73 Å². The van der Waals surface area contributed by atoms with Crippen LogP contribution in [-0.4, -0.2) is 11.3 Å². The second kappa shape index (κ2) is 8.63. The number of nitrogens with one attached hydrogen (secondary N) is 2. The molecule has 0 bridgehead atoms. The zero-order chi connectivity index (χ0) is 15.8. The highest BCUT2D eigenvalue weighted by Gasteiger charge is 2.17. The maximum absolute atomic E-state index is 9.77. The third-order valence-electron chi connectivity index (χ3n) is 3.43. The van der Waals surface area contributed by atoms with Gasteiger partial charge in [0, 0.05) is 0 Å². The minimum Gasteiger partial charge on any atom is -0.377 e. The smallest absolute Gasteiger partial charge is 0.123 e. The number of benzene rings is 2. The molecule has 2 aromatic rings. The Bertz CT molecular complexity index is 561. The lowest BCUT2D eigenvalue weighted by Gasteiger charge is -2.22. The fraction of sp³-hybridized carbons (Fsp3) is 0.294. The summed E-state index contributed by atoms with van der Waals surface area (Å²) in [6.07, 6.45) is -0.112. The van der Waals surface area contributed by atoms with E-state index in [1.54, 1.807) is 0 Å². The maximum atomic E-state index is 9.77. The number of aliphatic hydroxyl groups is 1. The molecular formula is C17H23N3O2. The number of aliphatic hydroxyl groups excluding tert-OH is 1. The number of nitrogens with two attached hydrogens (primary N) is 1. The summed E-state index contributed by atoms with van der Waals surface area (Å²) in [5.41, 5.74) is 14.4. The highest BCUT2D eigenvalue weighted by atomic mass is 16.7. The number of hydrogen-bond acceptors (Lipinski definition) is 5. The van der Waals surface area contributed by atoms with E-state index in [1.807, 2.05) is 54.6 Å². The van der Waals surface area contributed by atoms with E-state index in [4.69, 9.17) is 10.6 Å². The Morgan fingerprint density at radius 3 is 2.50 bits per heavy atom. The lowest BCUT2D eigenvalue weighted by Crippen LogP contribution is -2.44. The number of rotatable bonds is 8. The SMILES string of the molecule is CCc1cccc(C(NNOCc2ccccc2)C(N)O)c1. The van der Waals surface area contributed by atoms with Crippen molar-refractivity contribution in [3.63, 3.8) is 0 Å². The van der Waals surface area contributed by atoms with Crippen molar-refractivity contribution >= 4 is 0 Å². The predicted molar refractivity (Wildman–Crippen MR) is 86.3 cm³/mol. The lowest BCUT2D eigenvalue weighted by molar-refractivity contribution is -0.0250. The molecular weight excluding hydrogens is 278 g/mol. The summed E-state index contributed by atoms with van der Waals surface area (Å²) in [5.74, 6) is 0. The van der Waals surface area contributed by atoms with Gasteiger partial charge in [-0.15, -0.1) is 5.59 Å². The Labute approximate surface area is 131 Å². The van der Waals surface area contributed by atoms with E-state index in [-0.39, 0.29) is 0 Å². The average Bonchev–Trinajstić information content (AvgIpc) is 2.55. The molecule has 5 nitrogen and oxygen atoms in total. The first-order chi connectivity index (χ1) is 10.7. The fourth-order valence-corrected chi connectivity index (χ4v) is 2.17. The van der Waals surface area contributed by atoms with Crippen LogP contribution in [0.1, 0.15) is 29.7 Å². The van der Waals surface area contributed by atoms with Gasteiger partial charge >= 0.3 is 0 Å². The molecule has 2 unspecified atom stereocenters. The molecule has 5 N–H and O–H groups in total. The minimum atomic E-state index is -1.04. The molecule has 0 heterocycles. The second-order valence-electron chi connectivity index (χ2n) is 5.09. The zero-order valence-electron chi connectivity index (χ0n) is 12.7. The summed E-state index contributed by atoms with van der Waals surface area (Å²) in [7, 11) is 0. The van der Waals surface area contributed by atoms with Crippen molar-refractivity contribution in [3.05, 3.63) is 71.3 Å². The van der Waals surface area contributed by atoms with Gasteiger partial charge in [0.05, 0.1) is 12.6 Å². The van der Waals surface area contributed by atoms with Crippen LogP contribution >= 0.6 is 0 Å². The van der Waals surface area contributed by atoms with Crippen LogP contribution in [-0.2, 0) is 17.9 Å². The van der Waals surface area contributed by atoms with Crippen LogP contribution < -0.4 is 16.7 Å². The van der Waals surface area contributed by atoms with Crippen LogP contribution in [0.3, 0.4) is 0 Å². The highest BCUT2D eigenvalue weighted by molar-refractivity contribution is 5.26. The van der Waals surface area contributed by atoms with E-state index < -0.39 is 12.3 Å². The molecule has 0 aromatic heterocycles. The van der Waals surface area contributed by atoms with Gasteiger partial charge in [-0.25, -0.2) is 5.43 Å². The number of hydrazine groups is 1. The first kappa shape index (κ1) is 16.6. The van der Waals surface area contributed by atoms with Crippen molar-refractivity contribution in [1.82, 2.24) is 11.0 Å². The summed E-state index contributed by atoms with van der Waals surface area (Å²) >= 11 is 0. The van der Waals surface area contributed by atoms with Gasteiger partial charge in [-0.2, -0.15) is 0 Å². The number of hydrogen-bond donors (Lipinski definition) is 4. The van der Waals surface area contributed by atoms with Crippen molar-refractivity contribution < 1.29 is 9.94 Å². The van der Waals surface area contributed by atoms with E-state index in [2.05, 4.69) is 17.9 Å². The molecule has 0 fully saturated rings. The molecule has 2 rings (SSSR count). The van der Waals surface area contributed by atoms with E-state index in [1.165, 1.54) is 5.56 Å². The summed E-state index contributed by atoms with van der Waals surface area (Å²) in [4.78, 5) is 5.35. The van der Waals surface area contributed by atoms with Crippen molar-refractivity contribution in [2.45, 2.75) is 32.2 Å². The lowest BCUT2D eigenvalue weighted by atomic mass is 10.0. The van der Waals surface area contributed by atoms with Gasteiger partial charge in [-0.3, -0.25) is 4.84 Å². The molecule has 2 atom stereocenters. The van der Waals surface area contributed by atoms with Gasteiger partial charge in [0.15, 0.2) is 0 Å². The quantitative estimate of drug-likeness (QED) is 0.340. The predicted octanol–water partition coefficient (Wildman–Crippen LogP) is 1.79. The summed E-state index contributed by atoms with van der Waals surface area (Å²) < 4.78 is 0. The molecule has 118 valence electrons. The standard InChI is InChI=1S/C17H23N3O2/c1-2-13-9-6-10-15(11-13)16(17(18)21)19-20-22-12-14-7-4-3-5-8-14/h3-11,16-17,19-21H,2,12,18H2,1H3. The maximum Gasteiger partial charge on any atom is 0.123 e. The van der Waals surface area contributed by atoms with Crippen LogP contribution in [0.2, 0.25) is 0 Å². The molecule has 0 radical (unpaired) electrons. The van der Waals surface area contributed by atoms with Crippen LogP contribution in [0.15, 0.2) is 54.6 Å². The van der Waals surface area contributed by atoms with Crippen LogP contribution in [0.5, 0.6) is 0 Å². The molecule has 0 aliphatic rings. The van der Waals surface area contributed by atoms with E-state index in [9.17, 15) is 5.11 Å². The van der Waals surface area contributed by atoms with Crippen molar-refractivity contribution in [1.29, 1.82) is 0 Å².